The van der Waals surface area contributed by atoms with Crippen molar-refractivity contribution in [2.75, 3.05) is 19.6 Å². The Morgan fingerprint density at radius 3 is 2.45 bits per heavy atom. The van der Waals surface area contributed by atoms with Gasteiger partial charge in [0.2, 0.25) is 0 Å². The highest BCUT2D eigenvalue weighted by Gasteiger charge is 2.41. The number of hydrogen-bond donors (Lipinski definition) is 1. The van der Waals surface area contributed by atoms with Crippen LogP contribution in [0.3, 0.4) is 0 Å². The summed E-state index contributed by atoms with van der Waals surface area (Å²) in [5.41, 5.74) is 1.82. The average Bonchev–Trinajstić information content (AvgIpc) is 3.14. The normalized spacial score (nSPS) is 18.6. The van der Waals surface area contributed by atoms with Crippen molar-refractivity contribution >= 4 is 11.3 Å². The second-order valence-corrected chi connectivity index (χ2v) is 6.73. The number of nitrogens with zero attached hydrogens (tertiary/aromatic N) is 1. The molecule has 20 heavy (non-hydrogen) atoms. The summed E-state index contributed by atoms with van der Waals surface area (Å²) in [6.07, 6.45) is 6.39. The Morgan fingerprint density at radius 2 is 1.95 bits per heavy atom. The molecule has 2 heterocycles. The minimum absolute atomic E-state index is 0.328. The number of nitrogens with one attached hydrogen (secondary N) is 1. The van der Waals surface area contributed by atoms with Gasteiger partial charge in [0.1, 0.15) is 0 Å². The van der Waals surface area contributed by atoms with E-state index in [2.05, 4.69) is 47.8 Å². The van der Waals surface area contributed by atoms with Crippen molar-refractivity contribution in [3.05, 3.63) is 22.4 Å². The lowest BCUT2D eigenvalue weighted by atomic mass is 9.80. The highest BCUT2D eigenvalue weighted by Crippen LogP contribution is 2.33. The standard InChI is InChI=1S/C17H30N2S/c1-4-17(5-2,19-10-7-8-11-19)16(18-6-3)13-15-9-12-20-14-15/h9,12,14,16,18H,4-8,10-11,13H2,1-3H3. The zero-order valence-electron chi connectivity index (χ0n) is 13.3. The Morgan fingerprint density at radius 1 is 1.25 bits per heavy atom. The zero-order valence-corrected chi connectivity index (χ0v) is 14.1. The molecule has 1 fully saturated rings. The summed E-state index contributed by atoms with van der Waals surface area (Å²) in [5.74, 6) is 0. The van der Waals surface area contributed by atoms with Crippen LogP contribution in [0.25, 0.3) is 0 Å². The van der Waals surface area contributed by atoms with Crippen LogP contribution in [0.1, 0.15) is 52.0 Å². The second kappa shape index (κ2) is 7.58. The molecule has 0 radical (unpaired) electrons. The maximum Gasteiger partial charge on any atom is 0.0360 e. The summed E-state index contributed by atoms with van der Waals surface area (Å²) in [4.78, 5) is 2.77. The van der Waals surface area contributed by atoms with Crippen LogP contribution in [0.5, 0.6) is 0 Å². The van der Waals surface area contributed by atoms with Crippen molar-refractivity contribution in [3.63, 3.8) is 0 Å². The van der Waals surface area contributed by atoms with E-state index >= 15 is 0 Å². The highest BCUT2D eigenvalue weighted by atomic mass is 32.1. The molecule has 0 aliphatic carbocycles. The molecule has 1 aromatic rings. The van der Waals surface area contributed by atoms with Gasteiger partial charge in [0.05, 0.1) is 0 Å². The lowest BCUT2D eigenvalue weighted by Crippen LogP contribution is -2.60. The van der Waals surface area contributed by atoms with Gasteiger partial charge in [0.15, 0.2) is 0 Å². The minimum Gasteiger partial charge on any atom is -0.312 e. The van der Waals surface area contributed by atoms with Crippen molar-refractivity contribution in [2.24, 2.45) is 0 Å². The van der Waals surface area contributed by atoms with E-state index in [1.807, 2.05) is 11.3 Å². The van der Waals surface area contributed by atoms with Crippen LogP contribution in [-0.2, 0) is 6.42 Å². The molecule has 1 atom stereocenters. The van der Waals surface area contributed by atoms with E-state index in [-0.39, 0.29) is 0 Å². The first-order valence-corrected chi connectivity index (χ1v) is 9.20. The minimum atomic E-state index is 0.328. The molecule has 1 aliphatic rings. The van der Waals surface area contributed by atoms with Crippen LogP contribution in [0, 0.1) is 0 Å². The van der Waals surface area contributed by atoms with Gasteiger partial charge in [-0.3, -0.25) is 4.90 Å². The van der Waals surface area contributed by atoms with Crippen molar-refractivity contribution in [3.8, 4) is 0 Å². The molecule has 0 bridgehead atoms. The molecule has 0 spiro atoms. The Labute approximate surface area is 128 Å². The fourth-order valence-electron chi connectivity index (χ4n) is 3.92. The van der Waals surface area contributed by atoms with Crippen molar-refractivity contribution < 1.29 is 0 Å². The second-order valence-electron chi connectivity index (χ2n) is 5.95. The third-order valence-electron chi connectivity index (χ3n) is 5.08. The van der Waals surface area contributed by atoms with Gasteiger partial charge in [-0.05, 0) is 74.1 Å². The maximum absolute atomic E-state index is 3.80. The summed E-state index contributed by atoms with van der Waals surface area (Å²) in [6, 6.07) is 2.85. The van der Waals surface area contributed by atoms with E-state index in [0.717, 1.165) is 13.0 Å². The largest absolute Gasteiger partial charge is 0.312 e. The van der Waals surface area contributed by atoms with E-state index in [1.54, 1.807) is 0 Å². The fourth-order valence-corrected chi connectivity index (χ4v) is 4.60. The molecule has 0 amide bonds. The van der Waals surface area contributed by atoms with E-state index in [4.69, 9.17) is 0 Å². The predicted molar refractivity (Wildman–Crippen MR) is 89.6 cm³/mol. The summed E-state index contributed by atoms with van der Waals surface area (Å²) in [5, 5.41) is 8.32. The Hall–Kier alpha value is -0.380. The number of rotatable bonds is 8. The molecule has 2 rings (SSSR count). The van der Waals surface area contributed by atoms with E-state index in [9.17, 15) is 0 Å². The number of thiophene rings is 1. The molecule has 3 heteroatoms. The molecule has 1 unspecified atom stereocenters. The van der Waals surface area contributed by atoms with Gasteiger partial charge in [-0.25, -0.2) is 0 Å². The van der Waals surface area contributed by atoms with E-state index < -0.39 is 0 Å². The molecule has 1 N–H and O–H groups in total. The molecule has 1 saturated heterocycles. The maximum atomic E-state index is 3.80. The molecule has 1 aliphatic heterocycles. The predicted octanol–water partition coefficient (Wildman–Crippen LogP) is 3.92. The lowest BCUT2D eigenvalue weighted by molar-refractivity contribution is 0.0627. The Bertz CT molecular complexity index is 364. The third kappa shape index (κ3) is 3.26. The smallest absolute Gasteiger partial charge is 0.0360 e. The van der Waals surface area contributed by atoms with Gasteiger partial charge in [0, 0.05) is 11.6 Å². The molecular formula is C17H30N2S. The first-order chi connectivity index (χ1) is 9.76. The first-order valence-electron chi connectivity index (χ1n) is 8.26. The van der Waals surface area contributed by atoms with Crippen molar-refractivity contribution in [1.29, 1.82) is 0 Å². The van der Waals surface area contributed by atoms with Gasteiger partial charge in [-0.2, -0.15) is 11.3 Å². The fraction of sp³-hybridized carbons (Fsp3) is 0.765. The highest BCUT2D eigenvalue weighted by molar-refractivity contribution is 7.07. The number of hydrogen-bond acceptors (Lipinski definition) is 3. The van der Waals surface area contributed by atoms with Gasteiger partial charge in [-0.1, -0.05) is 20.8 Å². The molecule has 114 valence electrons. The van der Waals surface area contributed by atoms with Crippen molar-refractivity contribution in [1.82, 2.24) is 10.2 Å². The topological polar surface area (TPSA) is 15.3 Å². The SMILES string of the molecule is CCNC(Cc1ccsc1)C(CC)(CC)N1CCCC1. The molecular weight excluding hydrogens is 264 g/mol. The number of likely N-dealkylation sites (N-methyl/N-ethyl adjacent to an activating group) is 1. The van der Waals surface area contributed by atoms with E-state index in [1.165, 1.54) is 44.3 Å². The van der Waals surface area contributed by atoms with Crippen LogP contribution >= 0.6 is 11.3 Å². The van der Waals surface area contributed by atoms with Crippen LogP contribution < -0.4 is 5.32 Å². The molecule has 1 aromatic heterocycles. The quantitative estimate of drug-likeness (QED) is 0.781. The molecule has 0 saturated carbocycles. The lowest BCUT2D eigenvalue weighted by Gasteiger charge is -2.47. The first kappa shape index (κ1) is 16.0. The van der Waals surface area contributed by atoms with Gasteiger partial charge >= 0.3 is 0 Å². The van der Waals surface area contributed by atoms with Gasteiger partial charge < -0.3 is 5.32 Å². The van der Waals surface area contributed by atoms with Gasteiger partial charge in [0.25, 0.3) is 0 Å². The zero-order chi connectivity index (χ0) is 14.4. The number of likely N-dealkylation sites (tertiary alicyclic amines) is 1. The average molecular weight is 295 g/mol. The Balaban J connectivity index is 2.21. The summed E-state index contributed by atoms with van der Waals surface area (Å²) in [6.45, 7) is 10.6. The van der Waals surface area contributed by atoms with Crippen LogP contribution in [0.15, 0.2) is 16.8 Å². The third-order valence-corrected chi connectivity index (χ3v) is 5.81. The summed E-state index contributed by atoms with van der Waals surface area (Å²) >= 11 is 1.82. The summed E-state index contributed by atoms with van der Waals surface area (Å²) in [7, 11) is 0. The summed E-state index contributed by atoms with van der Waals surface area (Å²) < 4.78 is 0. The van der Waals surface area contributed by atoms with Crippen LogP contribution in [0.4, 0.5) is 0 Å². The molecule has 0 aromatic carbocycles. The van der Waals surface area contributed by atoms with E-state index in [0.29, 0.717) is 11.6 Å². The van der Waals surface area contributed by atoms with Gasteiger partial charge in [-0.15, -0.1) is 0 Å². The van der Waals surface area contributed by atoms with Crippen LogP contribution in [-0.4, -0.2) is 36.1 Å². The monoisotopic (exact) mass is 294 g/mol. The molecule has 2 nitrogen and oxygen atoms in total. The van der Waals surface area contributed by atoms with Crippen molar-refractivity contribution in [2.45, 2.75) is 64.5 Å². The Kier molecular flexibility index (Phi) is 6.06. The van der Waals surface area contributed by atoms with Crippen LogP contribution in [0.2, 0.25) is 0 Å².